The molecule has 98 valence electrons. The Morgan fingerprint density at radius 3 is 2.84 bits per heavy atom. The lowest BCUT2D eigenvalue weighted by Crippen LogP contribution is -1.95. The molecule has 3 aromatic rings. The second kappa shape index (κ2) is 4.38. The fourth-order valence-corrected chi connectivity index (χ4v) is 2.03. The number of aromatic nitrogens is 5. The van der Waals surface area contributed by atoms with Crippen molar-refractivity contribution >= 4 is 11.2 Å². The number of ether oxygens (including phenoxy) is 1. The van der Waals surface area contributed by atoms with E-state index >= 15 is 0 Å². The average molecular weight is 257 g/mol. The molecular weight excluding hydrogens is 242 g/mol. The molecule has 0 fully saturated rings. The van der Waals surface area contributed by atoms with E-state index < -0.39 is 0 Å². The Bertz CT molecular complexity index is 728. The molecule has 0 spiro atoms. The van der Waals surface area contributed by atoms with Gasteiger partial charge in [-0.2, -0.15) is 10.1 Å². The van der Waals surface area contributed by atoms with E-state index in [2.05, 4.69) is 27.0 Å². The minimum Gasteiger partial charge on any atom is -0.481 e. The second-order valence-corrected chi connectivity index (χ2v) is 4.31. The largest absolute Gasteiger partial charge is 0.481 e. The minimum atomic E-state index is 0.560. The number of nitrogens with zero attached hydrogens (tertiary/aromatic N) is 4. The van der Waals surface area contributed by atoms with Crippen molar-refractivity contribution in [3.05, 3.63) is 23.9 Å². The van der Waals surface area contributed by atoms with Gasteiger partial charge >= 0.3 is 0 Å². The van der Waals surface area contributed by atoms with Gasteiger partial charge in [0.2, 0.25) is 5.88 Å². The molecule has 6 heteroatoms. The number of pyridine rings is 1. The second-order valence-electron chi connectivity index (χ2n) is 4.31. The molecule has 6 nitrogen and oxygen atoms in total. The van der Waals surface area contributed by atoms with Crippen molar-refractivity contribution in [1.82, 2.24) is 24.7 Å². The lowest BCUT2D eigenvalue weighted by atomic mass is 10.3. The maximum atomic E-state index is 5.10. The highest BCUT2D eigenvalue weighted by atomic mass is 16.5. The molecular formula is C13H15N5O. The van der Waals surface area contributed by atoms with Crippen LogP contribution in [0, 0.1) is 0 Å². The molecule has 0 aliphatic carbocycles. The summed E-state index contributed by atoms with van der Waals surface area (Å²) in [7, 11) is 3.51. The third kappa shape index (κ3) is 1.95. The summed E-state index contributed by atoms with van der Waals surface area (Å²) in [5.41, 5.74) is 3.53. The number of aromatic amines is 1. The maximum Gasteiger partial charge on any atom is 0.215 e. The van der Waals surface area contributed by atoms with Crippen molar-refractivity contribution in [2.75, 3.05) is 7.11 Å². The van der Waals surface area contributed by atoms with Gasteiger partial charge in [0.15, 0.2) is 11.5 Å². The van der Waals surface area contributed by atoms with Crippen LogP contribution in [-0.4, -0.2) is 31.8 Å². The summed E-state index contributed by atoms with van der Waals surface area (Å²) in [6.07, 6.45) is 0.903. The molecule has 0 unspecified atom stereocenters. The van der Waals surface area contributed by atoms with Crippen molar-refractivity contribution in [3.63, 3.8) is 0 Å². The van der Waals surface area contributed by atoms with Crippen LogP contribution in [-0.2, 0) is 13.5 Å². The molecule has 0 atom stereocenters. The molecule has 3 heterocycles. The monoisotopic (exact) mass is 257 g/mol. The van der Waals surface area contributed by atoms with Crippen LogP contribution in [0.2, 0.25) is 0 Å². The normalized spacial score (nSPS) is 11.1. The summed E-state index contributed by atoms with van der Waals surface area (Å²) in [5.74, 6) is 1.33. The van der Waals surface area contributed by atoms with Gasteiger partial charge in [0.25, 0.3) is 0 Å². The zero-order valence-electron chi connectivity index (χ0n) is 11.1. The van der Waals surface area contributed by atoms with Gasteiger partial charge in [0.05, 0.1) is 18.3 Å². The average Bonchev–Trinajstić information content (AvgIpc) is 3.00. The molecule has 3 aromatic heterocycles. The number of nitrogens with one attached hydrogen (secondary N) is 1. The Labute approximate surface area is 110 Å². The van der Waals surface area contributed by atoms with E-state index in [4.69, 9.17) is 4.74 Å². The van der Waals surface area contributed by atoms with Gasteiger partial charge in [-0.15, -0.1) is 0 Å². The van der Waals surface area contributed by atoms with Crippen LogP contribution in [0.3, 0.4) is 0 Å². The molecule has 1 N–H and O–H groups in total. The molecule has 3 rings (SSSR count). The van der Waals surface area contributed by atoms with Crippen molar-refractivity contribution in [2.45, 2.75) is 13.3 Å². The zero-order valence-corrected chi connectivity index (χ0v) is 11.1. The molecule has 0 bridgehead atoms. The number of imidazole rings is 1. The number of hydrogen-bond acceptors (Lipinski definition) is 4. The highest BCUT2D eigenvalue weighted by Gasteiger charge is 2.12. The van der Waals surface area contributed by atoms with Gasteiger partial charge in [-0.3, -0.25) is 4.68 Å². The van der Waals surface area contributed by atoms with E-state index in [-0.39, 0.29) is 0 Å². The van der Waals surface area contributed by atoms with Crippen LogP contribution in [0.5, 0.6) is 5.88 Å². The highest BCUT2D eigenvalue weighted by Crippen LogP contribution is 2.21. The van der Waals surface area contributed by atoms with Crippen molar-refractivity contribution in [2.24, 2.45) is 7.05 Å². The van der Waals surface area contributed by atoms with E-state index in [1.807, 2.05) is 29.9 Å². The van der Waals surface area contributed by atoms with Crippen LogP contribution in [0.25, 0.3) is 22.7 Å². The minimum absolute atomic E-state index is 0.560. The Balaban J connectivity index is 2.11. The van der Waals surface area contributed by atoms with Crippen molar-refractivity contribution in [1.29, 1.82) is 0 Å². The number of H-pyrrole nitrogens is 1. The molecule has 0 aliphatic heterocycles. The predicted molar refractivity (Wildman–Crippen MR) is 72.0 cm³/mol. The Morgan fingerprint density at radius 1 is 1.32 bits per heavy atom. The molecule has 19 heavy (non-hydrogen) atoms. The van der Waals surface area contributed by atoms with E-state index in [1.54, 1.807) is 7.11 Å². The van der Waals surface area contributed by atoms with Crippen LogP contribution in [0.4, 0.5) is 0 Å². The first-order valence-electron chi connectivity index (χ1n) is 6.15. The van der Waals surface area contributed by atoms with Gasteiger partial charge in [-0.25, -0.2) is 4.98 Å². The van der Waals surface area contributed by atoms with Crippen LogP contribution in [0.1, 0.15) is 12.6 Å². The Kier molecular flexibility index (Phi) is 2.70. The van der Waals surface area contributed by atoms with Gasteiger partial charge in [0, 0.05) is 13.1 Å². The van der Waals surface area contributed by atoms with Crippen LogP contribution < -0.4 is 4.74 Å². The zero-order chi connectivity index (χ0) is 13.4. The van der Waals surface area contributed by atoms with E-state index in [0.717, 1.165) is 29.1 Å². The fraction of sp³-hybridized carbons (Fsp3) is 0.308. The molecule has 0 aliphatic rings. The van der Waals surface area contributed by atoms with Gasteiger partial charge in [-0.05, 0) is 18.6 Å². The topological polar surface area (TPSA) is 68.6 Å². The van der Waals surface area contributed by atoms with Crippen molar-refractivity contribution < 1.29 is 4.74 Å². The van der Waals surface area contributed by atoms with Crippen LogP contribution >= 0.6 is 0 Å². The van der Waals surface area contributed by atoms with Crippen molar-refractivity contribution in [3.8, 4) is 17.4 Å². The summed E-state index contributed by atoms with van der Waals surface area (Å²) >= 11 is 0. The molecule has 0 saturated heterocycles. The summed E-state index contributed by atoms with van der Waals surface area (Å²) in [5, 5.41) is 4.42. The first-order chi connectivity index (χ1) is 9.21. The third-order valence-electron chi connectivity index (χ3n) is 3.06. The quantitative estimate of drug-likeness (QED) is 0.778. The third-order valence-corrected chi connectivity index (χ3v) is 3.06. The number of aryl methyl sites for hydroxylation is 2. The van der Waals surface area contributed by atoms with E-state index in [0.29, 0.717) is 11.5 Å². The standard InChI is InChI=1S/C13H15N5O/c1-4-8-7-10(18(2)17-8)13-14-9-5-6-11(19-3)15-12(9)16-13/h5-7H,4H2,1-3H3,(H,14,15,16). The summed E-state index contributed by atoms with van der Waals surface area (Å²) < 4.78 is 6.93. The number of methoxy groups -OCH3 is 1. The summed E-state index contributed by atoms with van der Waals surface area (Å²) in [6, 6.07) is 5.76. The smallest absolute Gasteiger partial charge is 0.215 e. The summed E-state index contributed by atoms with van der Waals surface area (Å²) in [6.45, 7) is 2.08. The first kappa shape index (κ1) is 11.7. The Hall–Kier alpha value is -2.37. The van der Waals surface area contributed by atoms with Crippen LogP contribution in [0.15, 0.2) is 18.2 Å². The Morgan fingerprint density at radius 2 is 2.16 bits per heavy atom. The molecule has 0 radical (unpaired) electrons. The summed E-state index contributed by atoms with van der Waals surface area (Å²) in [4.78, 5) is 12.0. The van der Waals surface area contributed by atoms with E-state index in [9.17, 15) is 0 Å². The number of rotatable bonds is 3. The number of hydrogen-bond donors (Lipinski definition) is 1. The lowest BCUT2D eigenvalue weighted by molar-refractivity contribution is 0.399. The van der Waals surface area contributed by atoms with Gasteiger partial charge in [0.1, 0.15) is 5.69 Å². The maximum absolute atomic E-state index is 5.10. The number of fused-ring (bicyclic) bond motifs is 1. The van der Waals surface area contributed by atoms with E-state index in [1.165, 1.54) is 0 Å². The fourth-order valence-electron chi connectivity index (χ4n) is 2.03. The highest BCUT2D eigenvalue weighted by molar-refractivity contribution is 5.75. The molecule has 0 saturated carbocycles. The first-order valence-corrected chi connectivity index (χ1v) is 6.15. The predicted octanol–water partition coefficient (Wildman–Crippen LogP) is 1.93. The molecule has 0 amide bonds. The SMILES string of the molecule is CCc1cc(-c2nc3nc(OC)ccc3[nH]2)n(C)n1. The van der Waals surface area contributed by atoms with Gasteiger partial charge < -0.3 is 9.72 Å². The van der Waals surface area contributed by atoms with Gasteiger partial charge in [-0.1, -0.05) is 6.92 Å². The molecule has 0 aromatic carbocycles. The lowest BCUT2D eigenvalue weighted by Gasteiger charge is -1.95.